The van der Waals surface area contributed by atoms with Gasteiger partial charge in [-0.05, 0) is 24.8 Å². The van der Waals surface area contributed by atoms with Crippen molar-refractivity contribution in [3.63, 3.8) is 0 Å². The smallest absolute Gasteiger partial charge is 0.206 e. The number of hydrogen-bond donors (Lipinski definition) is 1. The van der Waals surface area contributed by atoms with E-state index < -0.39 is 0 Å². The van der Waals surface area contributed by atoms with E-state index in [2.05, 4.69) is 9.36 Å². The molecule has 2 N–H and O–H groups in total. The van der Waals surface area contributed by atoms with Crippen molar-refractivity contribution >= 4 is 28.4 Å². The zero-order chi connectivity index (χ0) is 9.26. The molecule has 0 saturated heterocycles. The fraction of sp³-hybridized carbons (Fsp3) is 0.143. The standard InChI is InChI=1S/C7H7N3OS2/c1-4-5(2-3-11-4)12-7-9-6(8)13-10-7/h2-3H,1H3,(H2,8,9,10). The first-order chi connectivity index (χ1) is 6.25. The van der Waals surface area contributed by atoms with Crippen molar-refractivity contribution in [1.29, 1.82) is 0 Å². The van der Waals surface area contributed by atoms with Gasteiger partial charge in [-0.15, -0.1) is 0 Å². The highest BCUT2D eigenvalue weighted by atomic mass is 32.2. The summed E-state index contributed by atoms with van der Waals surface area (Å²) >= 11 is 2.65. The summed E-state index contributed by atoms with van der Waals surface area (Å²) in [5.74, 6) is 0.873. The maximum atomic E-state index is 5.45. The number of aromatic nitrogens is 2. The first-order valence-electron chi connectivity index (χ1n) is 3.57. The molecule has 0 aromatic carbocycles. The van der Waals surface area contributed by atoms with Crippen LogP contribution in [0.3, 0.4) is 0 Å². The minimum absolute atomic E-state index is 0.489. The Labute approximate surface area is 83.3 Å². The number of hydrogen-bond acceptors (Lipinski definition) is 6. The number of anilines is 1. The molecule has 0 bridgehead atoms. The van der Waals surface area contributed by atoms with Gasteiger partial charge in [-0.25, -0.2) is 0 Å². The van der Waals surface area contributed by atoms with Gasteiger partial charge in [-0.1, -0.05) is 0 Å². The molecule has 2 aromatic rings. The van der Waals surface area contributed by atoms with E-state index in [0.717, 1.165) is 10.7 Å². The molecule has 2 aromatic heterocycles. The van der Waals surface area contributed by atoms with Crippen molar-refractivity contribution in [3.8, 4) is 0 Å². The molecule has 6 heteroatoms. The summed E-state index contributed by atoms with van der Waals surface area (Å²) in [5.41, 5.74) is 5.45. The molecule has 0 spiro atoms. The number of nitrogens with zero attached hydrogens (tertiary/aromatic N) is 2. The first kappa shape index (κ1) is 8.58. The largest absolute Gasteiger partial charge is 0.468 e. The molecule has 13 heavy (non-hydrogen) atoms. The van der Waals surface area contributed by atoms with E-state index in [9.17, 15) is 0 Å². The molecule has 0 atom stereocenters. The van der Waals surface area contributed by atoms with Crippen molar-refractivity contribution in [2.45, 2.75) is 17.0 Å². The number of aryl methyl sites for hydroxylation is 1. The molecule has 2 rings (SSSR count). The van der Waals surface area contributed by atoms with Gasteiger partial charge in [0, 0.05) is 11.5 Å². The predicted octanol–water partition coefficient (Wildman–Crippen LogP) is 2.17. The first-order valence-corrected chi connectivity index (χ1v) is 5.16. The zero-order valence-electron chi connectivity index (χ0n) is 6.85. The fourth-order valence-corrected chi connectivity index (χ4v) is 2.15. The third kappa shape index (κ3) is 1.84. The molecule has 68 valence electrons. The van der Waals surface area contributed by atoms with E-state index in [-0.39, 0.29) is 0 Å². The third-order valence-corrected chi connectivity index (χ3v) is 3.10. The van der Waals surface area contributed by atoms with Crippen LogP contribution in [0.4, 0.5) is 5.13 Å². The van der Waals surface area contributed by atoms with E-state index in [4.69, 9.17) is 10.2 Å². The molecule has 0 radical (unpaired) electrons. The van der Waals surface area contributed by atoms with Crippen molar-refractivity contribution in [2.75, 3.05) is 5.73 Å². The lowest BCUT2D eigenvalue weighted by molar-refractivity contribution is 0.527. The zero-order valence-corrected chi connectivity index (χ0v) is 8.48. The van der Waals surface area contributed by atoms with Gasteiger partial charge in [0.05, 0.1) is 11.2 Å². The molecule has 0 fully saturated rings. The van der Waals surface area contributed by atoms with Gasteiger partial charge in [0.15, 0.2) is 0 Å². The second kappa shape index (κ2) is 3.39. The van der Waals surface area contributed by atoms with Gasteiger partial charge in [-0.2, -0.15) is 9.36 Å². The summed E-state index contributed by atoms with van der Waals surface area (Å²) in [7, 11) is 0. The Morgan fingerprint density at radius 1 is 1.62 bits per heavy atom. The van der Waals surface area contributed by atoms with Crippen LogP contribution in [0.25, 0.3) is 0 Å². The molecule has 0 amide bonds. The molecule has 0 unspecified atom stereocenters. The molecule has 0 aliphatic rings. The normalized spacial score (nSPS) is 10.5. The SMILES string of the molecule is Cc1occc1Sc1nsc(N)n1. The number of nitrogen functional groups attached to an aromatic ring is 1. The Bertz CT molecular complexity index is 409. The van der Waals surface area contributed by atoms with Crippen LogP contribution in [-0.4, -0.2) is 9.36 Å². The van der Waals surface area contributed by atoms with Gasteiger partial charge >= 0.3 is 0 Å². The minimum atomic E-state index is 0.489. The van der Waals surface area contributed by atoms with E-state index in [0.29, 0.717) is 10.3 Å². The maximum absolute atomic E-state index is 5.45. The molecule has 0 aliphatic carbocycles. The van der Waals surface area contributed by atoms with Crippen LogP contribution in [-0.2, 0) is 0 Å². The van der Waals surface area contributed by atoms with Crippen LogP contribution in [0.15, 0.2) is 26.8 Å². The molecule has 0 saturated carbocycles. The van der Waals surface area contributed by atoms with Gasteiger partial charge in [0.25, 0.3) is 0 Å². The maximum Gasteiger partial charge on any atom is 0.206 e. The summed E-state index contributed by atoms with van der Waals surface area (Å²) in [6.07, 6.45) is 1.65. The van der Waals surface area contributed by atoms with Crippen LogP contribution in [0.1, 0.15) is 5.76 Å². The Morgan fingerprint density at radius 2 is 2.46 bits per heavy atom. The lowest BCUT2D eigenvalue weighted by atomic mass is 10.5. The van der Waals surface area contributed by atoms with Crippen LogP contribution >= 0.6 is 23.3 Å². The van der Waals surface area contributed by atoms with Gasteiger partial charge in [-0.3, -0.25) is 0 Å². The predicted molar refractivity (Wildman–Crippen MR) is 51.9 cm³/mol. The Morgan fingerprint density at radius 3 is 3.00 bits per heavy atom. The number of nitrogens with two attached hydrogens (primary N) is 1. The fourth-order valence-electron chi connectivity index (χ4n) is 0.840. The topological polar surface area (TPSA) is 64.9 Å². The molecular formula is C7H7N3OS2. The summed E-state index contributed by atoms with van der Waals surface area (Å²) in [6.45, 7) is 1.90. The molecule has 4 nitrogen and oxygen atoms in total. The van der Waals surface area contributed by atoms with Crippen LogP contribution < -0.4 is 5.73 Å². The van der Waals surface area contributed by atoms with E-state index in [1.165, 1.54) is 23.3 Å². The van der Waals surface area contributed by atoms with Crippen LogP contribution in [0.5, 0.6) is 0 Å². The lowest BCUT2D eigenvalue weighted by Gasteiger charge is -1.91. The molecule has 0 aliphatic heterocycles. The second-order valence-electron chi connectivity index (χ2n) is 2.36. The average Bonchev–Trinajstić information content (AvgIpc) is 2.64. The lowest BCUT2D eigenvalue weighted by Crippen LogP contribution is -1.81. The minimum Gasteiger partial charge on any atom is -0.468 e. The van der Waals surface area contributed by atoms with E-state index in [1.807, 2.05) is 13.0 Å². The Hall–Kier alpha value is -1.01. The van der Waals surface area contributed by atoms with Crippen molar-refractivity contribution in [2.24, 2.45) is 0 Å². The third-order valence-electron chi connectivity index (χ3n) is 1.44. The highest BCUT2D eigenvalue weighted by Crippen LogP contribution is 2.29. The molecular weight excluding hydrogens is 206 g/mol. The quantitative estimate of drug-likeness (QED) is 0.828. The second-order valence-corrected chi connectivity index (χ2v) is 4.15. The van der Waals surface area contributed by atoms with Gasteiger partial charge < -0.3 is 10.2 Å². The summed E-state index contributed by atoms with van der Waals surface area (Å²) in [4.78, 5) is 5.06. The van der Waals surface area contributed by atoms with E-state index in [1.54, 1.807) is 6.26 Å². The summed E-state index contributed by atoms with van der Waals surface area (Å²) in [5, 5.41) is 1.16. The van der Waals surface area contributed by atoms with Crippen LogP contribution in [0.2, 0.25) is 0 Å². The average molecular weight is 213 g/mol. The highest BCUT2D eigenvalue weighted by Gasteiger charge is 2.07. The summed E-state index contributed by atoms with van der Waals surface area (Å²) in [6, 6.07) is 1.89. The molecule has 2 heterocycles. The highest BCUT2D eigenvalue weighted by molar-refractivity contribution is 7.99. The van der Waals surface area contributed by atoms with Crippen molar-refractivity contribution in [3.05, 3.63) is 18.1 Å². The number of rotatable bonds is 2. The monoisotopic (exact) mass is 213 g/mol. The van der Waals surface area contributed by atoms with Crippen molar-refractivity contribution < 1.29 is 4.42 Å². The Kier molecular flexibility index (Phi) is 2.24. The number of furan rings is 1. The van der Waals surface area contributed by atoms with E-state index >= 15 is 0 Å². The Balaban J connectivity index is 2.19. The summed E-state index contributed by atoms with van der Waals surface area (Å²) < 4.78 is 9.20. The van der Waals surface area contributed by atoms with Gasteiger partial charge in [0.2, 0.25) is 10.3 Å². The van der Waals surface area contributed by atoms with Gasteiger partial charge in [0.1, 0.15) is 5.76 Å². The van der Waals surface area contributed by atoms with Crippen molar-refractivity contribution in [1.82, 2.24) is 9.36 Å². The van der Waals surface area contributed by atoms with Crippen LogP contribution in [0, 0.1) is 6.92 Å².